The molecule has 0 bridgehead atoms. The maximum Gasteiger partial charge on any atom is 2.00 e. The summed E-state index contributed by atoms with van der Waals surface area (Å²) in [5, 5.41) is 0. The Hall–Kier alpha value is 0.0643. The molecule has 1 heteroatoms. The van der Waals surface area contributed by atoms with Gasteiger partial charge in [0.1, 0.15) is 0 Å². The summed E-state index contributed by atoms with van der Waals surface area (Å²) in [6.45, 7) is 0. The van der Waals surface area contributed by atoms with Crippen molar-refractivity contribution in [3.63, 3.8) is 0 Å². The second-order valence-electron chi connectivity index (χ2n) is 4.48. The van der Waals surface area contributed by atoms with Gasteiger partial charge in [-0.3, -0.25) is 0 Å². The molecule has 0 amide bonds. The van der Waals surface area contributed by atoms with Gasteiger partial charge in [-0.25, -0.2) is 12.1 Å². The first-order valence-corrected chi connectivity index (χ1v) is 5.97. The second-order valence-corrected chi connectivity index (χ2v) is 4.48. The summed E-state index contributed by atoms with van der Waals surface area (Å²) in [5.74, 6) is 2.15. The molecule has 0 N–H and O–H groups in total. The molecule has 0 saturated heterocycles. The smallest absolute Gasteiger partial charge is 0.325 e. The summed E-state index contributed by atoms with van der Waals surface area (Å²) in [5.41, 5.74) is 0. The Morgan fingerprint density at radius 2 is 1.67 bits per heavy atom. The normalized spacial score (nSPS) is 28.3. The van der Waals surface area contributed by atoms with Crippen LogP contribution in [-0.4, -0.2) is 0 Å². The molecule has 0 heterocycles. The molecule has 2 aliphatic carbocycles. The number of hydrogen-bond acceptors (Lipinski definition) is 0. The molecule has 80 valence electrons. The zero-order valence-corrected chi connectivity index (χ0v) is 10.9. The van der Waals surface area contributed by atoms with Crippen LogP contribution in [0.1, 0.15) is 38.5 Å². The van der Waals surface area contributed by atoms with E-state index in [0.717, 1.165) is 11.8 Å². The van der Waals surface area contributed by atoms with Gasteiger partial charge in [0.05, 0.1) is 0 Å². The molecule has 2 unspecified atom stereocenters. The van der Waals surface area contributed by atoms with E-state index in [9.17, 15) is 0 Å². The molecular formula is C14H20Ti. The molecule has 2 fully saturated rings. The third-order valence-electron chi connectivity index (χ3n) is 3.53. The van der Waals surface area contributed by atoms with Gasteiger partial charge in [0, 0.05) is 0 Å². The van der Waals surface area contributed by atoms with Gasteiger partial charge < -0.3 is 6.42 Å². The van der Waals surface area contributed by atoms with Gasteiger partial charge in [-0.05, 0) is 0 Å². The molecule has 0 aliphatic heterocycles. The first-order valence-electron chi connectivity index (χ1n) is 5.97. The Labute approximate surface area is 109 Å². The van der Waals surface area contributed by atoms with Gasteiger partial charge in [0.25, 0.3) is 0 Å². The van der Waals surface area contributed by atoms with Crippen LogP contribution in [0.2, 0.25) is 0 Å². The van der Waals surface area contributed by atoms with Crippen LogP contribution >= 0.6 is 0 Å². The first kappa shape index (κ1) is 13.1. The van der Waals surface area contributed by atoms with Crippen LogP contribution in [0.5, 0.6) is 0 Å². The molecule has 0 spiro atoms. The van der Waals surface area contributed by atoms with Crippen molar-refractivity contribution in [2.75, 3.05) is 0 Å². The minimum Gasteiger partial charge on any atom is -0.325 e. The van der Waals surface area contributed by atoms with E-state index in [1.54, 1.807) is 0 Å². The van der Waals surface area contributed by atoms with E-state index in [0.29, 0.717) is 0 Å². The van der Waals surface area contributed by atoms with E-state index >= 15 is 0 Å². The van der Waals surface area contributed by atoms with E-state index < -0.39 is 0 Å². The van der Waals surface area contributed by atoms with Gasteiger partial charge in [0.15, 0.2) is 0 Å². The third-order valence-corrected chi connectivity index (χ3v) is 3.53. The van der Waals surface area contributed by atoms with Crippen LogP contribution in [0.3, 0.4) is 0 Å². The zero-order valence-electron chi connectivity index (χ0n) is 9.36. The quantitative estimate of drug-likeness (QED) is 0.468. The Kier molecular flexibility index (Phi) is 6.44. The van der Waals surface area contributed by atoms with Crippen molar-refractivity contribution in [2.24, 2.45) is 11.8 Å². The fraction of sp³-hybridized carbons (Fsp3) is 0.571. The Balaban J connectivity index is 0.000000162. The fourth-order valence-corrected chi connectivity index (χ4v) is 2.75. The molecule has 2 saturated carbocycles. The van der Waals surface area contributed by atoms with Crippen molar-refractivity contribution >= 4 is 0 Å². The average molecular weight is 236 g/mol. The van der Waals surface area contributed by atoms with Crippen LogP contribution in [0.25, 0.3) is 0 Å². The standard InChI is InChI=1S/C9H15.C5H5.Ti/c1-2-5-9-7-3-6-8(9)4-1;1-2-4-5-3-1;/h6,8-9H,1-5,7H2;1-5H;/q2*-1;+2. The SMILES string of the molecule is [CH-]1CCC2CCCCC12.[Ti+2].c1cc[cH-]c1. The predicted molar refractivity (Wildman–Crippen MR) is 61.0 cm³/mol. The number of fused-ring (bicyclic) bond motifs is 1. The Morgan fingerprint density at radius 3 is 2.27 bits per heavy atom. The van der Waals surface area contributed by atoms with Gasteiger partial charge in [-0.2, -0.15) is 30.5 Å². The molecule has 0 nitrogen and oxygen atoms in total. The summed E-state index contributed by atoms with van der Waals surface area (Å²) in [6, 6.07) is 10.0. The van der Waals surface area contributed by atoms with E-state index in [-0.39, 0.29) is 21.7 Å². The molecule has 1 aromatic carbocycles. The van der Waals surface area contributed by atoms with Crippen molar-refractivity contribution in [1.29, 1.82) is 0 Å². The molecule has 2 aliphatic rings. The van der Waals surface area contributed by atoms with E-state index in [4.69, 9.17) is 0 Å². The molecule has 0 aromatic heterocycles. The number of rotatable bonds is 0. The van der Waals surface area contributed by atoms with Crippen LogP contribution in [0.4, 0.5) is 0 Å². The van der Waals surface area contributed by atoms with Crippen molar-refractivity contribution in [3.05, 3.63) is 36.8 Å². The van der Waals surface area contributed by atoms with Crippen LogP contribution in [-0.2, 0) is 21.7 Å². The van der Waals surface area contributed by atoms with Crippen molar-refractivity contribution in [3.8, 4) is 0 Å². The predicted octanol–water partition coefficient (Wildman–Crippen LogP) is 4.19. The summed E-state index contributed by atoms with van der Waals surface area (Å²) in [6.07, 6.45) is 11.5. The van der Waals surface area contributed by atoms with Crippen LogP contribution in [0.15, 0.2) is 30.3 Å². The number of hydrogen-bond donors (Lipinski definition) is 0. The fourth-order valence-electron chi connectivity index (χ4n) is 2.75. The van der Waals surface area contributed by atoms with Crippen LogP contribution < -0.4 is 0 Å². The van der Waals surface area contributed by atoms with Crippen molar-refractivity contribution in [2.45, 2.75) is 38.5 Å². The maximum absolute atomic E-state index is 2.56. The molecule has 15 heavy (non-hydrogen) atoms. The minimum atomic E-state index is 0. The average Bonchev–Trinajstić information content (AvgIpc) is 2.92. The molecule has 0 radical (unpaired) electrons. The largest absolute Gasteiger partial charge is 2.00 e. The van der Waals surface area contributed by atoms with E-state index in [1.165, 1.54) is 38.5 Å². The summed E-state index contributed by atoms with van der Waals surface area (Å²) in [7, 11) is 0. The summed E-state index contributed by atoms with van der Waals surface area (Å²) < 4.78 is 0. The monoisotopic (exact) mass is 236 g/mol. The maximum atomic E-state index is 2.56. The Morgan fingerprint density at radius 1 is 0.933 bits per heavy atom. The molecular weight excluding hydrogens is 216 g/mol. The summed E-state index contributed by atoms with van der Waals surface area (Å²) in [4.78, 5) is 0. The molecule has 2 atom stereocenters. The van der Waals surface area contributed by atoms with Gasteiger partial charge in [-0.15, -0.1) is 0 Å². The van der Waals surface area contributed by atoms with E-state index in [2.05, 4.69) is 6.42 Å². The second kappa shape index (κ2) is 7.36. The van der Waals surface area contributed by atoms with E-state index in [1.807, 2.05) is 30.3 Å². The zero-order chi connectivity index (χ0) is 9.64. The van der Waals surface area contributed by atoms with Gasteiger partial charge in [-0.1, -0.05) is 38.0 Å². The van der Waals surface area contributed by atoms with Crippen molar-refractivity contribution < 1.29 is 21.7 Å². The minimum absolute atomic E-state index is 0. The summed E-state index contributed by atoms with van der Waals surface area (Å²) >= 11 is 0. The first-order chi connectivity index (χ1) is 6.97. The molecule has 1 aromatic rings. The third kappa shape index (κ3) is 4.20. The molecule has 3 rings (SSSR count). The van der Waals surface area contributed by atoms with Crippen LogP contribution in [0, 0.1) is 18.3 Å². The Bertz CT molecular complexity index is 198. The van der Waals surface area contributed by atoms with Gasteiger partial charge in [0.2, 0.25) is 0 Å². The topological polar surface area (TPSA) is 0 Å². The van der Waals surface area contributed by atoms with Gasteiger partial charge >= 0.3 is 21.7 Å². The van der Waals surface area contributed by atoms with Crippen molar-refractivity contribution in [1.82, 2.24) is 0 Å².